The van der Waals surface area contributed by atoms with Crippen LogP contribution in [0.25, 0.3) is 0 Å². The number of sulfonamides is 1. The van der Waals surface area contributed by atoms with E-state index in [1.54, 1.807) is 12.4 Å². The van der Waals surface area contributed by atoms with Gasteiger partial charge in [-0.25, -0.2) is 12.7 Å². The first-order chi connectivity index (χ1) is 10.4. The van der Waals surface area contributed by atoms with Gasteiger partial charge < -0.3 is 4.90 Å². The fourth-order valence-corrected chi connectivity index (χ4v) is 4.40. The average Bonchev–Trinajstić information content (AvgIpc) is 2.78. The van der Waals surface area contributed by atoms with E-state index >= 15 is 0 Å². The summed E-state index contributed by atoms with van der Waals surface area (Å²) in [7, 11) is -3.14. The molecule has 7 heteroatoms. The maximum Gasteiger partial charge on any atom is 0.223 e. The molecule has 2 saturated heterocycles. The summed E-state index contributed by atoms with van der Waals surface area (Å²) in [5, 5.41) is 0. The van der Waals surface area contributed by atoms with Crippen molar-refractivity contribution in [2.24, 2.45) is 0 Å². The summed E-state index contributed by atoms with van der Waals surface area (Å²) in [6, 6.07) is 3.84. The summed E-state index contributed by atoms with van der Waals surface area (Å²) in [5.41, 5.74) is 0.830. The van der Waals surface area contributed by atoms with E-state index in [2.05, 4.69) is 4.98 Å². The SMILES string of the molecule is CS(=O)(=O)N1CCC2(CCC(=O)N2Cc2cccnc2)CC1. The van der Waals surface area contributed by atoms with E-state index in [0.29, 0.717) is 38.9 Å². The average molecular weight is 323 g/mol. The summed E-state index contributed by atoms with van der Waals surface area (Å²) in [6.45, 7) is 1.55. The Kier molecular flexibility index (Phi) is 3.94. The van der Waals surface area contributed by atoms with Gasteiger partial charge >= 0.3 is 0 Å². The summed E-state index contributed by atoms with van der Waals surface area (Å²) in [5.74, 6) is 0.164. The standard InChI is InChI=1S/C15H21N3O3S/c1-22(20,21)17-9-6-15(7-10-17)5-4-14(19)18(15)12-13-3-2-8-16-11-13/h2-3,8,11H,4-7,9-10,12H2,1H3. The van der Waals surface area contributed by atoms with Crippen LogP contribution in [0.5, 0.6) is 0 Å². The molecule has 0 aromatic carbocycles. The minimum absolute atomic E-state index is 0.164. The van der Waals surface area contributed by atoms with Gasteiger partial charge in [-0.3, -0.25) is 9.78 Å². The van der Waals surface area contributed by atoms with Crippen LogP contribution in [-0.2, 0) is 21.4 Å². The van der Waals surface area contributed by atoms with E-state index in [0.717, 1.165) is 12.0 Å². The molecule has 6 nitrogen and oxygen atoms in total. The highest BCUT2D eigenvalue weighted by molar-refractivity contribution is 7.88. The molecule has 3 rings (SSSR count). The quantitative estimate of drug-likeness (QED) is 0.832. The lowest BCUT2D eigenvalue weighted by molar-refractivity contribution is -0.133. The number of likely N-dealkylation sites (tertiary alicyclic amines) is 1. The molecular weight excluding hydrogens is 302 g/mol. The molecule has 0 bridgehead atoms. The largest absolute Gasteiger partial charge is 0.333 e. The Bertz CT molecular complexity index is 652. The second-order valence-electron chi connectivity index (χ2n) is 6.23. The molecule has 1 aromatic rings. The third-order valence-corrected chi connectivity index (χ3v) is 6.17. The highest BCUT2D eigenvalue weighted by Crippen LogP contribution is 2.40. The number of pyridine rings is 1. The summed E-state index contributed by atoms with van der Waals surface area (Å²) in [4.78, 5) is 18.4. The molecule has 1 spiro atoms. The molecule has 2 aliphatic rings. The number of hydrogen-bond donors (Lipinski definition) is 0. The monoisotopic (exact) mass is 323 g/mol. The number of rotatable bonds is 3. The van der Waals surface area contributed by atoms with Gasteiger partial charge in [-0.2, -0.15) is 0 Å². The first-order valence-corrected chi connectivity index (χ1v) is 9.40. The van der Waals surface area contributed by atoms with Crippen LogP contribution in [0.3, 0.4) is 0 Å². The summed E-state index contributed by atoms with van der Waals surface area (Å²) < 4.78 is 24.8. The van der Waals surface area contributed by atoms with E-state index in [1.165, 1.54) is 10.6 Å². The van der Waals surface area contributed by atoms with Gasteiger partial charge in [0.25, 0.3) is 0 Å². The number of hydrogen-bond acceptors (Lipinski definition) is 4. The number of nitrogens with zero attached hydrogens (tertiary/aromatic N) is 3. The fraction of sp³-hybridized carbons (Fsp3) is 0.600. The maximum atomic E-state index is 12.3. The van der Waals surface area contributed by atoms with Crippen molar-refractivity contribution >= 4 is 15.9 Å². The molecule has 0 saturated carbocycles. The molecule has 1 amide bonds. The van der Waals surface area contributed by atoms with Crippen molar-refractivity contribution in [3.05, 3.63) is 30.1 Å². The van der Waals surface area contributed by atoms with Crippen LogP contribution in [0.15, 0.2) is 24.5 Å². The minimum Gasteiger partial charge on any atom is -0.333 e. The predicted octanol–water partition coefficient (Wildman–Crippen LogP) is 0.998. The van der Waals surface area contributed by atoms with E-state index in [4.69, 9.17) is 0 Å². The highest BCUT2D eigenvalue weighted by Gasteiger charge is 2.47. The Hall–Kier alpha value is -1.47. The first-order valence-electron chi connectivity index (χ1n) is 7.55. The second-order valence-corrected chi connectivity index (χ2v) is 8.21. The summed E-state index contributed by atoms with van der Waals surface area (Å²) in [6.07, 6.45) is 7.56. The van der Waals surface area contributed by atoms with Crippen molar-refractivity contribution < 1.29 is 13.2 Å². The Morgan fingerprint density at radius 1 is 1.27 bits per heavy atom. The normalized spacial score (nSPS) is 22.4. The molecule has 2 fully saturated rings. The van der Waals surface area contributed by atoms with Gasteiger partial charge in [-0.05, 0) is 30.9 Å². The Labute approximate surface area is 131 Å². The molecule has 0 aliphatic carbocycles. The lowest BCUT2D eigenvalue weighted by Gasteiger charge is -2.44. The Balaban J connectivity index is 1.77. The fourth-order valence-electron chi connectivity index (χ4n) is 3.56. The van der Waals surface area contributed by atoms with Crippen molar-refractivity contribution in [3.63, 3.8) is 0 Å². The Morgan fingerprint density at radius 2 is 2.00 bits per heavy atom. The molecule has 1 aromatic heterocycles. The van der Waals surface area contributed by atoms with Crippen LogP contribution >= 0.6 is 0 Å². The predicted molar refractivity (Wildman–Crippen MR) is 82.4 cm³/mol. The van der Waals surface area contributed by atoms with E-state index in [9.17, 15) is 13.2 Å². The third-order valence-electron chi connectivity index (χ3n) is 4.86. The van der Waals surface area contributed by atoms with Gasteiger partial charge in [-0.15, -0.1) is 0 Å². The van der Waals surface area contributed by atoms with Gasteiger partial charge in [0.05, 0.1) is 6.26 Å². The van der Waals surface area contributed by atoms with Gasteiger partial charge in [0.1, 0.15) is 0 Å². The van der Waals surface area contributed by atoms with Crippen molar-refractivity contribution in [2.45, 2.75) is 37.8 Å². The number of piperidine rings is 1. The molecule has 0 radical (unpaired) electrons. The van der Waals surface area contributed by atoms with Crippen LogP contribution in [-0.4, -0.2) is 53.4 Å². The van der Waals surface area contributed by atoms with Crippen molar-refractivity contribution in [2.75, 3.05) is 19.3 Å². The molecule has 120 valence electrons. The topological polar surface area (TPSA) is 70.6 Å². The van der Waals surface area contributed by atoms with Gasteiger partial charge in [-0.1, -0.05) is 6.07 Å². The van der Waals surface area contributed by atoms with E-state index in [1.807, 2.05) is 17.0 Å². The zero-order chi connectivity index (χ0) is 15.8. The Morgan fingerprint density at radius 3 is 2.59 bits per heavy atom. The molecule has 2 aliphatic heterocycles. The zero-order valence-electron chi connectivity index (χ0n) is 12.7. The molecule has 0 unspecified atom stereocenters. The number of carbonyl (C=O) groups excluding carboxylic acids is 1. The van der Waals surface area contributed by atoms with Gasteiger partial charge in [0.2, 0.25) is 15.9 Å². The number of amides is 1. The number of carbonyl (C=O) groups is 1. The second kappa shape index (κ2) is 5.62. The third kappa shape index (κ3) is 2.87. The summed E-state index contributed by atoms with van der Waals surface area (Å²) >= 11 is 0. The van der Waals surface area contributed by atoms with Gasteiger partial charge in [0.15, 0.2) is 0 Å². The van der Waals surface area contributed by atoms with Crippen molar-refractivity contribution in [1.82, 2.24) is 14.2 Å². The van der Waals surface area contributed by atoms with Gasteiger partial charge in [0, 0.05) is 44.0 Å². The maximum absolute atomic E-state index is 12.3. The lowest BCUT2D eigenvalue weighted by atomic mass is 9.85. The van der Waals surface area contributed by atoms with E-state index in [-0.39, 0.29) is 11.4 Å². The van der Waals surface area contributed by atoms with Crippen LogP contribution in [0.2, 0.25) is 0 Å². The molecule has 0 atom stereocenters. The molecule has 3 heterocycles. The smallest absolute Gasteiger partial charge is 0.223 e. The van der Waals surface area contributed by atoms with Crippen LogP contribution in [0.1, 0.15) is 31.2 Å². The molecule has 0 N–H and O–H groups in total. The molecular formula is C15H21N3O3S. The van der Waals surface area contributed by atoms with Crippen molar-refractivity contribution in [1.29, 1.82) is 0 Å². The minimum atomic E-state index is -3.14. The van der Waals surface area contributed by atoms with Crippen molar-refractivity contribution in [3.8, 4) is 0 Å². The first kappa shape index (κ1) is 15.4. The zero-order valence-corrected chi connectivity index (χ0v) is 13.6. The number of aromatic nitrogens is 1. The van der Waals surface area contributed by atoms with Crippen LogP contribution in [0, 0.1) is 0 Å². The van der Waals surface area contributed by atoms with Crippen LogP contribution in [0.4, 0.5) is 0 Å². The highest BCUT2D eigenvalue weighted by atomic mass is 32.2. The lowest BCUT2D eigenvalue weighted by Crippen LogP contribution is -2.53. The van der Waals surface area contributed by atoms with E-state index < -0.39 is 10.0 Å². The molecule has 22 heavy (non-hydrogen) atoms. The van der Waals surface area contributed by atoms with Crippen LogP contribution < -0.4 is 0 Å².